The molecule has 1 aromatic rings. The number of nitrogens with one attached hydrogen (secondary N) is 1. The van der Waals surface area contributed by atoms with Crippen LogP contribution in [-0.4, -0.2) is 22.5 Å². The van der Waals surface area contributed by atoms with Crippen LogP contribution >= 0.6 is 0 Å². The Morgan fingerprint density at radius 2 is 2.31 bits per heavy atom. The molecular weight excluding hydrogens is 202 g/mol. The van der Waals surface area contributed by atoms with Crippen molar-refractivity contribution >= 4 is 5.91 Å². The molecule has 2 aliphatic rings. The van der Waals surface area contributed by atoms with Crippen molar-refractivity contribution in [2.75, 3.05) is 0 Å². The molecule has 3 N–H and O–H groups in total. The van der Waals surface area contributed by atoms with E-state index in [2.05, 4.69) is 10.3 Å². The highest BCUT2D eigenvalue weighted by molar-refractivity contribution is 5.80. The Morgan fingerprint density at radius 1 is 1.56 bits per heavy atom. The second-order valence-electron chi connectivity index (χ2n) is 4.92. The van der Waals surface area contributed by atoms with Gasteiger partial charge < -0.3 is 5.73 Å². The fourth-order valence-electron chi connectivity index (χ4n) is 2.88. The van der Waals surface area contributed by atoms with Gasteiger partial charge in [0.2, 0.25) is 5.91 Å². The molecule has 3 rings (SSSR count). The van der Waals surface area contributed by atoms with Gasteiger partial charge in [-0.15, -0.1) is 0 Å². The van der Waals surface area contributed by atoms with Crippen molar-refractivity contribution in [2.24, 2.45) is 11.7 Å². The molecule has 0 spiro atoms. The van der Waals surface area contributed by atoms with Gasteiger partial charge in [-0.3, -0.25) is 15.1 Å². The van der Waals surface area contributed by atoms with Crippen LogP contribution in [0.2, 0.25) is 0 Å². The Bertz CT molecular complexity index is 420. The van der Waals surface area contributed by atoms with Gasteiger partial charge in [0.05, 0.1) is 6.04 Å². The molecule has 2 fully saturated rings. The fraction of sp³-hybridized carbons (Fsp3) is 0.500. The third-order valence-electron chi connectivity index (χ3n) is 3.83. The highest BCUT2D eigenvalue weighted by atomic mass is 16.1. The number of hydrogen-bond donors (Lipinski definition) is 2. The van der Waals surface area contributed by atoms with Crippen molar-refractivity contribution in [3.63, 3.8) is 0 Å². The van der Waals surface area contributed by atoms with Crippen molar-refractivity contribution in [3.8, 4) is 0 Å². The van der Waals surface area contributed by atoms with Crippen LogP contribution in [0.5, 0.6) is 0 Å². The Labute approximate surface area is 94.2 Å². The molecule has 0 radical (unpaired) electrons. The van der Waals surface area contributed by atoms with E-state index in [0.29, 0.717) is 5.92 Å². The highest BCUT2D eigenvalue weighted by Crippen LogP contribution is 2.53. The van der Waals surface area contributed by atoms with Gasteiger partial charge in [0.15, 0.2) is 0 Å². The summed E-state index contributed by atoms with van der Waals surface area (Å²) in [5, 5.41) is 3.39. The van der Waals surface area contributed by atoms with Crippen molar-refractivity contribution in [2.45, 2.75) is 30.8 Å². The SMILES string of the molecule is NC(=O)C1CC2CC2(Cc2ccncc2)N1. The van der Waals surface area contributed by atoms with Gasteiger partial charge >= 0.3 is 0 Å². The lowest BCUT2D eigenvalue weighted by molar-refractivity contribution is -0.120. The number of hydrogen-bond acceptors (Lipinski definition) is 3. The molecule has 0 bridgehead atoms. The van der Waals surface area contributed by atoms with E-state index in [9.17, 15) is 4.79 Å². The van der Waals surface area contributed by atoms with Crippen molar-refractivity contribution < 1.29 is 4.79 Å². The normalized spacial score (nSPS) is 35.8. The van der Waals surface area contributed by atoms with E-state index in [4.69, 9.17) is 5.73 Å². The van der Waals surface area contributed by atoms with Crippen LogP contribution in [0.25, 0.3) is 0 Å². The summed E-state index contributed by atoms with van der Waals surface area (Å²) in [5.74, 6) is 0.402. The lowest BCUT2D eigenvalue weighted by Crippen LogP contribution is -2.44. The van der Waals surface area contributed by atoms with E-state index in [-0.39, 0.29) is 17.5 Å². The fourth-order valence-corrected chi connectivity index (χ4v) is 2.88. The molecular formula is C12H15N3O. The second-order valence-corrected chi connectivity index (χ2v) is 4.92. The summed E-state index contributed by atoms with van der Waals surface area (Å²) in [6, 6.07) is 3.94. The molecule has 1 aromatic heterocycles. The minimum absolute atomic E-state index is 0.124. The van der Waals surface area contributed by atoms with E-state index in [0.717, 1.165) is 12.8 Å². The predicted molar refractivity (Wildman–Crippen MR) is 59.5 cm³/mol. The number of carbonyl (C=O) groups excluding carboxylic acids is 1. The van der Waals surface area contributed by atoms with Gasteiger partial charge in [-0.25, -0.2) is 0 Å². The van der Waals surface area contributed by atoms with E-state index in [1.165, 1.54) is 12.0 Å². The zero-order valence-electron chi connectivity index (χ0n) is 9.02. The first-order valence-corrected chi connectivity index (χ1v) is 5.65. The smallest absolute Gasteiger partial charge is 0.234 e. The number of nitrogens with two attached hydrogens (primary N) is 1. The maximum atomic E-state index is 11.1. The molecule has 3 atom stereocenters. The maximum Gasteiger partial charge on any atom is 0.234 e. The Morgan fingerprint density at radius 3 is 2.94 bits per heavy atom. The van der Waals surface area contributed by atoms with Crippen LogP contribution in [0.1, 0.15) is 18.4 Å². The van der Waals surface area contributed by atoms with Gasteiger partial charge in [-0.05, 0) is 42.9 Å². The number of piperidine rings is 1. The van der Waals surface area contributed by atoms with E-state index < -0.39 is 0 Å². The van der Waals surface area contributed by atoms with Crippen LogP contribution < -0.4 is 11.1 Å². The zero-order chi connectivity index (χ0) is 11.2. The molecule has 3 unspecified atom stereocenters. The molecule has 0 aromatic carbocycles. The molecule has 1 aliphatic carbocycles. The van der Waals surface area contributed by atoms with Crippen molar-refractivity contribution in [1.82, 2.24) is 10.3 Å². The van der Waals surface area contributed by atoms with Crippen LogP contribution in [0.15, 0.2) is 24.5 Å². The molecule has 1 aliphatic heterocycles. The lowest BCUT2D eigenvalue weighted by Gasteiger charge is -2.17. The molecule has 4 nitrogen and oxygen atoms in total. The molecule has 4 heteroatoms. The first-order chi connectivity index (χ1) is 7.70. The molecule has 16 heavy (non-hydrogen) atoms. The standard InChI is InChI=1S/C12H15N3O/c13-11(16)10-5-9-7-12(9,15-10)6-8-1-3-14-4-2-8/h1-4,9-10,15H,5-7H2,(H2,13,16). The number of pyridine rings is 1. The quantitative estimate of drug-likeness (QED) is 0.761. The highest BCUT2D eigenvalue weighted by Gasteiger charge is 2.60. The van der Waals surface area contributed by atoms with Crippen LogP contribution in [0.4, 0.5) is 0 Å². The van der Waals surface area contributed by atoms with Crippen LogP contribution in [-0.2, 0) is 11.2 Å². The van der Waals surface area contributed by atoms with Gasteiger partial charge in [0.25, 0.3) is 0 Å². The largest absolute Gasteiger partial charge is 0.368 e. The minimum Gasteiger partial charge on any atom is -0.368 e. The summed E-state index contributed by atoms with van der Waals surface area (Å²) >= 11 is 0. The van der Waals surface area contributed by atoms with Gasteiger partial charge in [0, 0.05) is 17.9 Å². The second kappa shape index (κ2) is 3.28. The summed E-state index contributed by atoms with van der Waals surface area (Å²) in [7, 11) is 0. The molecule has 2 heterocycles. The predicted octanol–water partition coefficient (Wildman–Crippen LogP) is 0.230. The average Bonchev–Trinajstić information content (AvgIpc) is 2.81. The molecule has 84 valence electrons. The monoisotopic (exact) mass is 217 g/mol. The molecule has 1 saturated carbocycles. The summed E-state index contributed by atoms with van der Waals surface area (Å²) in [6.07, 6.45) is 6.66. The third kappa shape index (κ3) is 1.50. The average molecular weight is 217 g/mol. The minimum atomic E-state index is -0.221. The summed E-state index contributed by atoms with van der Waals surface area (Å²) in [4.78, 5) is 15.1. The number of rotatable bonds is 3. The number of fused-ring (bicyclic) bond motifs is 1. The Kier molecular flexibility index (Phi) is 2.01. The number of carbonyl (C=O) groups is 1. The summed E-state index contributed by atoms with van der Waals surface area (Å²) in [5.41, 5.74) is 6.73. The summed E-state index contributed by atoms with van der Waals surface area (Å²) in [6.45, 7) is 0. The van der Waals surface area contributed by atoms with Gasteiger partial charge in [-0.2, -0.15) is 0 Å². The number of amides is 1. The number of nitrogens with zero attached hydrogens (tertiary/aromatic N) is 1. The van der Waals surface area contributed by atoms with Crippen LogP contribution in [0.3, 0.4) is 0 Å². The third-order valence-corrected chi connectivity index (χ3v) is 3.83. The van der Waals surface area contributed by atoms with Gasteiger partial charge in [0.1, 0.15) is 0 Å². The Hall–Kier alpha value is -1.42. The molecule has 1 saturated heterocycles. The van der Waals surface area contributed by atoms with Crippen molar-refractivity contribution in [1.29, 1.82) is 0 Å². The maximum absolute atomic E-state index is 11.1. The van der Waals surface area contributed by atoms with E-state index >= 15 is 0 Å². The molecule has 1 amide bonds. The van der Waals surface area contributed by atoms with E-state index in [1.807, 2.05) is 24.5 Å². The van der Waals surface area contributed by atoms with Gasteiger partial charge in [-0.1, -0.05) is 0 Å². The first kappa shape index (κ1) is 9.78. The topological polar surface area (TPSA) is 68.0 Å². The first-order valence-electron chi connectivity index (χ1n) is 5.65. The van der Waals surface area contributed by atoms with Crippen molar-refractivity contribution in [3.05, 3.63) is 30.1 Å². The number of aromatic nitrogens is 1. The van der Waals surface area contributed by atoms with Crippen LogP contribution in [0, 0.1) is 5.92 Å². The Balaban J connectivity index is 1.72. The summed E-state index contributed by atoms with van der Waals surface area (Å²) < 4.78 is 0. The number of primary amides is 1. The lowest BCUT2D eigenvalue weighted by atomic mass is 10.0. The van der Waals surface area contributed by atoms with E-state index in [1.54, 1.807) is 0 Å². The zero-order valence-corrected chi connectivity index (χ0v) is 9.02.